The van der Waals surface area contributed by atoms with Crippen molar-refractivity contribution in [1.82, 2.24) is 0 Å². The minimum absolute atomic E-state index is 0. The molecule has 0 fully saturated rings. The minimum Gasteiger partial charge on any atom is -0.759 e. The smallest absolute Gasteiger partial charge is 0.759 e. The first-order valence-corrected chi connectivity index (χ1v) is 2.37. The number of rotatable bonds is 0. The average Bonchev–Trinajstić information content (AvgIpc) is 1.27. The van der Waals surface area contributed by atoms with Crippen molar-refractivity contribution in [1.29, 1.82) is 0 Å². The van der Waals surface area contributed by atoms with Gasteiger partial charge in [-0.25, -0.2) is 10.5 Å². The summed E-state index contributed by atoms with van der Waals surface area (Å²) in [6, 6.07) is 0. The predicted molar refractivity (Wildman–Crippen MR) is 16.8 cm³/mol. The second-order valence-electron chi connectivity index (χ2n) is 0.490. The van der Waals surface area contributed by atoms with E-state index in [2.05, 4.69) is 5.04 Å². The van der Waals surface area contributed by atoms with Crippen LogP contribution in [0.5, 0.6) is 0 Å². The Kier molecular flexibility index (Phi) is 30.2. The van der Waals surface area contributed by atoms with E-state index >= 15 is 0 Å². The van der Waals surface area contributed by atoms with E-state index in [0.29, 0.717) is 0 Å². The zero-order valence-electron chi connectivity index (χ0n) is 5.34. The Hall–Kier alpha value is 1.75. The van der Waals surface area contributed by atoms with Gasteiger partial charge in [-0.2, -0.15) is 0 Å². The van der Waals surface area contributed by atoms with E-state index < -0.39 is 10.4 Å². The van der Waals surface area contributed by atoms with Gasteiger partial charge in [0.1, 0.15) is 0 Å². The molecular formula is H2Na2O7S. The molecular weight excluding hydrogens is 190 g/mol. The third kappa shape index (κ3) is 244. The van der Waals surface area contributed by atoms with Crippen LogP contribution in [0, 0.1) is 0 Å². The van der Waals surface area contributed by atoms with Crippen LogP contribution < -0.4 is 59.1 Å². The molecule has 0 rings (SSSR count). The van der Waals surface area contributed by atoms with E-state index in [0.717, 1.165) is 0 Å². The molecule has 0 spiro atoms. The second kappa shape index (κ2) is 13.3. The van der Waals surface area contributed by atoms with Gasteiger partial charge in [0.2, 0.25) is 0 Å². The fourth-order valence-corrected chi connectivity index (χ4v) is 0. The quantitative estimate of drug-likeness (QED) is 0.128. The zero-order chi connectivity index (χ0) is 7.21. The Morgan fingerprint density at radius 2 is 1.10 bits per heavy atom. The van der Waals surface area contributed by atoms with Crippen LogP contribution in [-0.4, -0.2) is 28.0 Å². The molecule has 0 saturated carbocycles. The monoisotopic (exact) mass is 192 g/mol. The maximum atomic E-state index is 8.52. The SMILES string of the molecule is O=S(=O)([O-])[O-].OOO.[Na+].[Na+]. The first kappa shape index (κ1) is 22.6. The molecule has 0 aromatic heterocycles. The Labute approximate surface area is 101 Å². The Morgan fingerprint density at radius 1 is 1.10 bits per heavy atom. The molecule has 10 heavy (non-hydrogen) atoms. The largest absolute Gasteiger partial charge is 1.00 e. The summed E-state index contributed by atoms with van der Waals surface area (Å²) in [7, 11) is -5.17. The van der Waals surface area contributed by atoms with Gasteiger partial charge in [0.05, 0.1) is 0 Å². The van der Waals surface area contributed by atoms with Gasteiger partial charge in [0.25, 0.3) is 0 Å². The van der Waals surface area contributed by atoms with Gasteiger partial charge in [0, 0.05) is 10.4 Å². The van der Waals surface area contributed by atoms with Crippen LogP contribution in [0.1, 0.15) is 0 Å². The van der Waals surface area contributed by atoms with Crippen LogP contribution in [0.4, 0.5) is 0 Å². The molecule has 0 heterocycles. The summed E-state index contributed by atoms with van der Waals surface area (Å²) in [4.78, 5) is 0. The first-order chi connectivity index (χ1) is 3.41. The molecule has 0 aliphatic carbocycles. The van der Waals surface area contributed by atoms with Gasteiger partial charge < -0.3 is 9.11 Å². The van der Waals surface area contributed by atoms with E-state index in [4.69, 9.17) is 28.0 Å². The molecule has 0 radical (unpaired) electrons. The molecule has 0 aliphatic heterocycles. The molecule has 0 saturated heterocycles. The van der Waals surface area contributed by atoms with Crippen LogP contribution in [0.3, 0.4) is 0 Å². The van der Waals surface area contributed by atoms with E-state index in [1.807, 2.05) is 0 Å². The van der Waals surface area contributed by atoms with Gasteiger partial charge in [-0.3, -0.25) is 8.42 Å². The van der Waals surface area contributed by atoms with Crippen molar-refractivity contribution < 1.29 is 92.2 Å². The van der Waals surface area contributed by atoms with Crippen LogP contribution in [-0.2, 0) is 15.4 Å². The van der Waals surface area contributed by atoms with Crippen molar-refractivity contribution in [2.75, 3.05) is 0 Å². The summed E-state index contributed by atoms with van der Waals surface area (Å²) >= 11 is 0. The minimum atomic E-state index is -5.17. The molecule has 0 unspecified atom stereocenters. The van der Waals surface area contributed by atoms with E-state index in [1.54, 1.807) is 0 Å². The predicted octanol–water partition coefficient (Wildman–Crippen LogP) is -7.38. The molecule has 0 amide bonds. The normalized spacial score (nSPS) is 7.60. The summed E-state index contributed by atoms with van der Waals surface area (Å²) in [5, 5.41) is 15.5. The summed E-state index contributed by atoms with van der Waals surface area (Å²) < 4.78 is 34.1. The maximum absolute atomic E-state index is 8.52. The van der Waals surface area contributed by atoms with Gasteiger partial charge in [-0.05, 0) is 0 Å². The van der Waals surface area contributed by atoms with Gasteiger partial charge in [0.15, 0.2) is 0 Å². The van der Waals surface area contributed by atoms with Crippen molar-refractivity contribution in [3.05, 3.63) is 0 Å². The summed E-state index contributed by atoms with van der Waals surface area (Å²) in [5.41, 5.74) is 0. The van der Waals surface area contributed by atoms with Crippen molar-refractivity contribution in [2.45, 2.75) is 0 Å². The third-order valence-corrected chi connectivity index (χ3v) is 0. The van der Waals surface area contributed by atoms with E-state index in [-0.39, 0.29) is 59.1 Å². The van der Waals surface area contributed by atoms with Crippen LogP contribution in [0.15, 0.2) is 0 Å². The molecule has 2 N–H and O–H groups in total. The molecule has 0 aromatic rings. The summed E-state index contributed by atoms with van der Waals surface area (Å²) in [5.74, 6) is 0. The summed E-state index contributed by atoms with van der Waals surface area (Å²) in [6.45, 7) is 0. The van der Waals surface area contributed by atoms with Crippen LogP contribution in [0.25, 0.3) is 0 Å². The van der Waals surface area contributed by atoms with Gasteiger partial charge in [-0.1, -0.05) is 5.04 Å². The molecule has 0 aliphatic rings. The molecule has 52 valence electrons. The Morgan fingerprint density at radius 3 is 1.10 bits per heavy atom. The zero-order valence-corrected chi connectivity index (χ0v) is 10.2. The first-order valence-electron chi connectivity index (χ1n) is 1.03. The Balaban J connectivity index is -0.0000000326. The molecule has 7 nitrogen and oxygen atoms in total. The average molecular weight is 192 g/mol. The standard InChI is InChI=1S/2Na.H2O4S.H2O3/c;;1-5(2,3)4;1-3-2/h;;(H2,1,2,3,4);1-2H/q2*+1;;/p-2. The van der Waals surface area contributed by atoms with E-state index in [1.165, 1.54) is 0 Å². The Bertz CT molecular complexity index is 106. The van der Waals surface area contributed by atoms with Gasteiger partial charge in [-0.15, -0.1) is 0 Å². The molecule has 0 atom stereocenters. The number of hydrogen-bond acceptors (Lipinski definition) is 7. The van der Waals surface area contributed by atoms with Crippen LogP contribution in [0.2, 0.25) is 0 Å². The second-order valence-corrected chi connectivity index (χ2v) is 1.31. The van der Waals surface area contributed by atoms with Gasteiger partial charge >= 0.3 is 59.1 Å². The fourth-order valence-electron chi connectivity index (χ4n) is 0. The molecule has 0 bridgehead atoms. The van der Waals surface area contributed by atoms with E-state index in [9.17, 15) is 0 Å². The molecule has 0 aromatic carbocycles. The van der Waals surface area contributed by atoms with Crippen LogP contribution >= 0.6 is 0 Å². The topological polar surface area (TPSA) is 130 Å². The van der Waals surface area contributed by atoms with Crippen molar-refractivity contribution >= 4 is 10.4 Å². The third-order valence-electron chi connectivity index (χ3n) is 0. The number of hydrogen-bond donors (Lipinski definition) is 2. The van der Waals surface area contributed by atoms with Crippen molar-refractivity contribution in [3.8, 4) is 0 Å². The fraction of sp³-hybridized carbons (Fsp3) is 0. The van der Waals surface area contributed by atoms with Crippen molar-refractivity contribution in [3.63, 3.8) is 0 Å². The summed E-state index contributed by atoms with van der Waals surface area (Å²) in [6.07, 6.45) is 0. The molecule has 10 heteroatoms. The van der Waals surface area contributed by atoms with Crippen molar-refractivity contribution in [2.24, 2.45) is 0 Å². The maximum Gasteiger partial charge on any atom is 1.00 e.